The molecule has 3 N–H and O–H groups in total. The lowest BCUT2D eigenvalue weighted by Crippen LogP contribution is -2.24. The fraction of sp³-hybridized carbons (Fsp3) is 0.125. The zero-order valence-corrected chi connectivity index (χ0v) is 12.4. The molecule has 2 rings (SSSR count). The quantitative estimate of drug-likeness (QED) is 0.834. The predicted octanol–water partition coefficient (Wildman–Crippen LogP) is 2.90. The first kappa shape index (κ1) is 15.1. The lowest BCUT2D eigenvalue weighted by molar-refractivity contribution is -0.115. The Labute approximate surface area is 127 Å². The summed E-state index contributed by atoms with van der Waals surface area (Å²) in [7, 11) is 0. The molecule has 108 valence electrons. The van der Waals surface area contributed by atoms with Crippen molar-refractivity contribution in [1.82, 2.24) is 0 Å². The van der Waals surface area contributed by atoms with Crippen molar-refractivity contribution in [2.24, 2.45) is 5.73 Å². The highest BCUT2D eigenvalue weighted by Gasteiger charge is 2.16. The van der Waals surface area contributed by atoms with Crippen molar-refractivity contribution < 1.29 is 9.59 Å². The maximum atomic E-state index is 12.2. The number of rotatable bonds is 5. The van der Waals surface area contributed by atoms with E-state index in [1.54, 1.807) is 24.3 Å². The van der Waals surface area contributed by atoms with E-state index >= 15 is 0 Å². The van der Waals surface area contributed by atoms with E-state index in [1.807, 2.05) is 37.3 Å². The van der Waals surface area contributed by atoms with E-state index in [2.05, 4.69) is 5.32 Å². The monoisotopic (exact) mass is 300 g/mol. The average molecular weight is 300 g/mol. The van der Waals surface area contributed by atoms with Crippen molar-refractivity contribution >= 4 is 29.3 Å². The SMILES string of the molecule is C[C@@H](Sc1ccccc1)C(=O)Nc1ccccc1C(N)=O. The summed E-state index contributed by atoms with van der Waals surface area (Å²) in [6, 6.07) is 16.4. The topological polar surface area (TPSA) is 72.2 Å². The van der Waals surface area contributed by atoms with E-state index in [0.29, 0.717) is 11.3 Å². The fourth-order valence-electron chi connectivity index (χ4n) is 1.80. The summed E-state index contributed by atoms with van der Waals surface area (Å²) >= 11 is 1.46. The van der Waals surface area contributed by atoms with E-state index in [-0.39, 0.29) is 11.2 Å². The van der Waals surface area contributed by atoms with E-state index < -0.39 is 5.91 Å². The Bertz CT molecular complexity index is 644. The van der Waals surface area contributed by atoms with Crippen molar-refractivity contribution in [2.75, 3.05) is 5.32 Å². The smallest absolute Gasteiger partial charge is 0.250 e. The third-order valence-corrected chi connectivity index (χ3v) is 3.99. The standard InChI is InChI=1S/C16H16N2O2S/c1-11(21-12-7-3-2-4-8-12)16(20)18-14-10-6-5-9-13(14)15(17)19/h2-11H,1H3,(H2,17,19)(H,18,20)/t11-/m1/s1. The summed E-state index contributed by atoms with van der Waals surface area (Å²) in [4.78, 5) is 24.6. The van der Waals surface area contributed by atoms with Gasteiger partial charge in [-0.3, -0.25) is 9.59 Å². The summed E-state index contributed by atoms with van der Waals surface area (Å²) in [6.45, 7) is 1.82. The van der Waals surface area contributed by atoms with Gasteiger partial charge in [-0.1, -0.05) is 30.3 Å². The molecule has 0 fully saturated rings. The van der Waals surface area contributed by atoms with Crippen LogP contribution < -0.4 is 11.1 Å². The van der Waals surface area contributed by atoms with Crippen LogP contribution in [0.2, 0.25) is 0 Å². The van der Waals surface area contributed by atoms with Crippen LogP contribution >= 0.6 is 11.8 Å². The molecule has 2 aromatic rings. The van der Waals surface area contributed by atoms with Gasteiger partial charge in [0.25, 0.3) is 5.91 Å². The van der Waals surface area contributed by atoms with Gasteiger partial charge < -0.3 is 11.1 Å². The number of carbonyl (C=O) groups is 2. The van der Waals surface area contributed by atoms with Crippen molar-refractivity contribution in [3.05, 3.63) is 60.2 Å². The van der Waals surface area contributed by atoms with Gasteiger partial charge in [0.2, 0.25) is 5.91 Å². The normalized spacial score (nSPS) is 11.7. The molecule has 0 saturated carbocycles. The maximum absolute atomic E-state index is 12.2. The molecule has 0 aliphatic carbocycles. The van der Waals surface area contributed by atoms with Crippen molar-refractivity contribution in [3.63, 3.8) is 0 Å². The number of para-hydroxylation sites is 1. The molecular formula is C16H16N2O2S. The summed E-state index contributed by atoms with van der Waals surface area (Å²) in [5.41, 5.74) is 6.04. The van der Waals surface area contributed by atoms with Crippen LogP contribution in [0.4, 0.5) is 5.69 Å². The maximum Gasteiger partial charge on any atom is 0.250 e. The van der Waals surface area contributed by atoms with Crippen LogP contribution in [0.5, 0.6) is 0 Å². The number of amides is 2. The lowest BCUT2D eigenvalue weighted by atomic mass is 10.1. The highest BCUT2D eigenvalue weighted by Crippen LogP contribution is 2.24. The minimum Gasteiger partial charge on any atom is -0.366 e. The Morgan fingerprint density at radius 3 is 2.33 bits per heavy atom. The van der Waals surface area contributed by atoms with Crippen LogP contribution in [0.1, 0.15) is 17.3 Å². The molecule has 0 spiro atoms. The molecule has 21 heavy (non-hydrogen) atoms. The first-order valence-electron chi connectivity index (χ1n) is 6.49. The second-order valence-corrected chi connectivity index (χ2v) is 5.89. The molecule has 0 radical (unpaired) electrons. The predicted molar refractivity (Wildman–Crippen MR) is 85.4 cm³/mol. The van der Waals surface area contributed by atoms with Crippen LogP contribution in [0, 0.1) is 0 Å². The van der Waals surface area contributed by atoms with Gasteiger partial charge in [-0.05, 0) is 31.2 Å². The average Bonchev–Trinajstić information content (AvgIpc) is 2.48. The molecule has 2 amide bonds. The molecule has 4 nitrogen and oxygen atoms in total. The van der Waals surface area contributed by atoms with Gasteiger partial charge in [0.1, 0.15) is 0 Å². The molecule has 0 saturated heterocycles. The second kappa shape index (κ2) is 6.95. The van der Waals surface area contributed by atoms with Gasteiger partial charge >= 0.3 is 0 Å². The third kappa shape index (κ3) is 4.10. The summed E-state index contributed by atoms with van der Waals surface area (Å²) in [5, 5.41) is 2.47. The highest BCUT2D eigenvalue weighted by molar-refractivity contribution is 8.00. The molecular weight excluding hydrogens is 284 g/mol. The van der Waals surface area contributed by atoms with E-state index in [1.165, 1.54) is 11.8 Å². The molecule has 0 heterocycles. The molecule has 0 unspecified atom stereocenters. The molecule has 5 heteroatoms. The van der Waals surface area contributed by atoms with E-state index in [0.717, 1.165) is 4.90 Å². The minimum atomic E-state index is -0.561. The molecule has 0 aromatic heterocycles. The lowest BCUT2D eigenvalue weighted by Gasteiger charge is -2.13. The molecule has 0 aliphatic rings. The number of hydrogen-bond donors (Lipinski definition) is 2. The Kier molecular flexibility index (Phi) is 5.00. The number of carbonyl (C=O) groups excluding carboxylic acids is 2. The number of anilines is 1. The number of nitrogens with two attached hydrogens (primary N) is 1. The molecule has 1 atom stereocenters. The van der Waals surface area contributed by atoms with E-state index in [9.17, 15) is 9.59 Å². The van der Waals surface area contributed by atoms with Gasteiger partial charge in [-0.2, -0.15) is 0 Å². The Hall–Kier alpha value is -2.27. The highest BCUT2D eigenvalue weighted by atomic mass is 32.2. The largest absolute Gasteiger partial charge is 0.366 e. The Morgan fingerprint density at radius 1 is 1.05 bits per heavy atom. The number of primary amides is 1. The van der Waals surface area contributed by atoms with Gasteiger partial charge in [0.05, 0.1) is 16.5 Å². The summed E-state index contributed by atoms with van der Waals surface area (Å²) in [6.07, 6.45) is 0. The summed E-state index contributed by atoms with van der Waals surface area (Å²) < 4.78 is 0. The second-order valence-electron chi connectivity index (χ2n) is 4.47. The zero-order chi connectivity index (χ0) is 15.2. The molecule has 2 aromatic carbocycles. The fourth-order valence-corrected chi connectivity index (χ4v) is 2.69. The number of hydrogen-bond acceptors (Lipinski definition) is 3. The van der Waals surface area contributed by atoms with Gasteiger partial charge in [0, 0.05) is 4.90 Å². The van der Waals surface area contributed by atoms with Crippen LogP contribution in [0.15, 0.2) is 59.5 Å². The number of nitrogens with one attached hydrogen (secondary N) is 1. The van der Waals surface area contributed by atoms with Crippen LogP contribution in [0.25, 0.3) is 0 Å². The molecule has 0 bridgehead atoms. The van der Waals surface area contributed by atoms with Crippen LogP contribution in [-0.4, -0.2) is 17.1 Å². The number of thioether (sulfide) groups is 1. The van der Waals surface area contributed by atoms with Crippen LogP contribution in [-0.2, 0) is 4.79 Å². The zero-order valence-electron chi connectivity index (χ0n) is 11.6. The minimum absolute atomic E-state index is 0.169. The third-order valence-electron chi connectivity index (χ3n) is 2.88. The van der Waals surface area contributed by atoms with Crippen molar-refractivity contribution in [2.45, 2.75) is 17.1 Å². The van der Waals surface area contributed by atoms with Gasteiger partial charge in [-0.25, -0.2) is 0 Å². The van der Waals surface area contributed by atoms with Gasteiger partial charge in [-0.15, -0.1) is 11.8 Å². The first-order valence-corrected chi connectivity index (χ1v) is 7.37. The van der Waals surface area contributed by atoms with E-state index in [4.69, 9.17) is 5.73 Å². The Balaban J connectivity index is 2.06. The summed E-state index contributed by atoms with van der Waals surface area (Å²) in [5.74, 6) is -0.730. The number of benzene rings is 2. The molecule has 0 aliphatic heterocycles. The van der Waals surface area contributed by atoms with Crippen molar-refractivity contribution in [1.29, 1.82) is 0 Å². The van der Waals surface area contributed by atoms with Crippen molar-refractivity contribution in [3.8, 4) is 0 Å². The Morgan fingerprint density at radius 2 is 1.67 bits per heavy atom. The van der Waals surface area contributed by atoms with Crippen LogP contribution in [0.3, 0.4) is 0 Å². The van der Waals surface area contributed by atoms with Gasteiger partial charge in [0.15, 0.2) is 0 Å². The first-order chi connectivity index (χ1) is 10.1.